The molecule has 10 heteroatoms. The van der Waals surface area contributed by atoms with Gasteiger partial charge in [-0.25, -0.2) is 0 Å². The van der Waals surface area contributed by atoms with E-state index in [4.69, 9.17) is 21.7 Å². The van der Waals surface area contributed by atoms with Gasteiger partial charge in [-0.15, -0.1) is 0 Å². The van der Waals surface area contributed by atoms with Crippen molar-refractivity contribution in [1.29, 1.82) is 0 Å². The molecule has 0 heterocycles. The van der Waals surface area contributed by atoms with Gasteiger partial charge in [0.15, 0.2) is 0 Å². The summed E-state index contributed by atoms with van der Waals surface area (Å²) in [4.78, 5) is 20.2. The van der Waals surface area contributed by atoms with E-state index in [1.165, 1.54) is 12.1 Å². The largest absolute Gasteiger partial charge is 3.00 e. The van der Waals surface area contributed by atoms with E-state index in [1.807, 2.05) is 0 Å². The maximum atomic E-state index is 10.1. The van der Waals surface area contributed by atoms with Crippen molar-refractivity contribution in [3.05, 3.63) is 59.7 Å². The van der Waals surface area contributed by atoms with E-state index >= 15 is 0 Å². The number of para-hydroxylation sites is 2. The van der Waals surface area contributed by atoms with Crippen LogP contribution in [0.3, 0.4) is 0 Å². The topological polar surface area (TPSA) is 173 Å². The summed E-state index contributed by atoms with van der Waals surface area (Å²) in [6.45, 7) is 1.19. The van der Waals surface area contributed by atoms with Gasteiger partial charge in [0.05, 0.1) is 0 Å². The summed E-state index contributed by atoms with van der Waals surface area (Å²) in [6, 6.07) is 12.6. The van der Waals surface area contributed by atoms with Crippen LogP contribution in [0.2, 0.25) is 0 Å². The number of phenols is 2. The van der Waals surface area contributed by atoms with Crippen molar-refractivity contribution in [2.24, 2.45) is 11.5 Å². The van der Waals surface area contributed by atoms with Gasteiger partial charge in [0.25, 0.3) is 0 Å². The molecule has 0 aliphatic rings. The number of hydrogen-bond donors (Lipinski definition) is 4. The number of aromatic hydroxyl groups is 2. The van der Waals surface area contributed by atoms with Crippen molar-refractivity contribution >= 4 is 11.9 Å². The maximum absolute atomic E-state index is 10.1. The minimum absolute atomic E-state index is 0. The maximum Gasteiger partial charge on any atom is 3.00 e. The molecule has 0 aromatic heterocycles. The number of nitrogens with two attached hydrogens (primary N) is 2. The first-order valence-corrected chi connectivity index (χ1v) is 7.65. The molecule has 0 fully saturated rings. The third kappa shape index (κ3) is 15.5. The van der Waals surface area contributed by atoms with E-state index < -0.39 is 11.9 Å². The Labute approximate surface area is 196 Å². The van der Waals surface area contributed by atoms with Crippen LogP contribution in [0.1, 0.15) is 11.1 Å². The standard InChI is InChI=1S/2C8H8O3.C2H8N2.Fe.Na/c2*9-7-4-2-1-3-6(7)5-8(10)11;3-1-2-4;;/h2*1-4,9H,5H2,(H,10,11);1-4H2;;/q;;;+3;+1/p-2. The Kier molecular flexibility index (Phi) is 20.9. The van der Waals surface area contributed by atoms with Crippen LogP contribution in [-0.2, 0) is 39.5 Å². The molecule has 0 amide bonds. The zero-order valence-electron chi connectivity index (χ0n) is 15.5. The van der Waals surface area contributed by atoms with Crippen LogP contribution in [0.25, 0.3) is 0 Å². The van der Waals surface area contributed by atoms with Gasteiger partial charge >= 0.3 is 46.6 Å². The zero-order chi connectivity index (χ0) is 19.9. The molecule has 1 radical (unpaired) electrons. The van der Waals surface area contributed by atoms with E-state index in [9.17, 15) is 19.8 Å². The summed E-state index contributed by atoms with van der Waals surface area (Å²) in [5.74, 6) is -2.38. The molecule has 0 bridgehead atoms. The second-order valence-corrected chi connectivity index (χ2v) is 4.93. The molecule has 0 saturated carbocycles. The fourth-order valence-electron chi connectivity index (χ4n) is 1.63. The number of carboxylic acid groups (broad SMARTS) is 2. The van der Waals surface area contributed by atoms with Gasteiger partial charge in [-0.1, -0.05) is 36.4 Å². The summed E-state index contributed by atoms with van der Waals surface area (Å²) >= 11 is 0. The van der Waals surface area contributed by atoms with Gasteiger partial charge in [-0.3, -0.25) is 0 Å². The predicted octanol–water partition coefficient (Wildman–Crippen LogP) is -4.73. The van der Waals surface area contributed by atoms with Crippen LogP contribution in [0.4, 0.5) is 0 Å². The fraction of sp³-hybridized carbons (Fsp3) is 0.222. The minimum Gasteiger partial charge on any atom is -0.550 e. The number of phenolic OH excluding ortho intramolecular Hbond substituents is 2. The van der Waals surface area contributed by atoms with Crippen LogP contribution in [0.5, 0.6) is 11.5 Å². The van der Waals surface area contributed by atoms with Gasteiger partial charge in [-0.05, 0) is 23.3 Å². The van der Waals surface area contributed by atoms with Crippen molar-refractivity contribution in [2.75, 3.05) is 13.1 Å². The second kappa shape index (κ2) is 18.8. The van der Waals surface area contributed by atoms with Crippen molar-refractivity contribution in [2.45, 2.75) is 12.8 Å². The van der Waals surface area contributed by atoms with E-state index in [-0.39, 0.29) is 71.0 Å². The molecule has 6 N–H and O–H groups in total. The first-order valence-electron chi connectivity index (χ1n) is 7.65. The molecule has 0 spiro atoms. The monoisotopic (exact) mass is 441 g/mol. The molecule has 0 unspecified atom stereocenters. The van der Waals surface area contributed by atoms with Gasteiger partial charge in [0.2, 0.25) is 0 Å². The fourth-order valence-corrected chi connectivity index (χ4v) is 1.63. The van der Waals surface area contributed by atoms with E-state index in [0.29, 0.717) is 24.2 Å². The summed E-state index contributed by atoms with van der Waals surface area (Å²) in [6.07, 6.45) is -0.487. The van der Waals surface area contributed by atoms with Crippen molar-refractivity contribution in [3.8, 4) is 11.5 Å². The van der Waals surface area contributed by atoms with Crippen LogP contribution in [-0.4, -0.2) is 35.2 Å². The van der Waals surface area contributed by atoms with Crippen LogP contribution in [0.15, 0.2) is 48.5 Å². The molecule has 28 heavy (non-hydrogen) atoms. The molecule has 2 rings (SSSR count). The first-order chi connectivity index (χ1) is 12.3. The van der Waals surface area contributed by atoms with E-state index in [2.05, 4.69) is 0 Å². The van der Waals surface area contributed by atoms with Crippen molar-refractivity contribution in [1.82, 2.24) is 0 Å². The predicted molar refractivity (Wildman–Crippen MR) is 91.7 cm³/mol. The smallest absolute Gasteiger partial charge is 0.550 e. The average molecular weight is 441 g/mol. The van der Waals surface area contributed by atoms with Gasteiger partial charge in [0.1, 0.15) is 11.5 Å². The Hall–Kier alpha value is -1.58. The summed E-state index contributed by atoms with van der Waals surface area (Å²) in [5, 5.41) is 38.3. The normalized spacial score (nSPS) is 8.50. The van der Waals surface area contributed by atoms with E-state index in [1.54, 1.807) is 36.4 Å². The number of aliphatic carboxylic acids is 2. The van der Waals surface area contributed by atoms with Crippen LogP contribution in [0, 0.1) is 0 Å². The Morgan fingerprint density at radius 2 is 1.04 bits per heavy atom. The Balaban J connectivity index is -0.000000355. The van der Waals surface area contributed by atoms with Crippen LogP contribution < -0.4 is 51.2 Å². The molecule has 0 atom stereocenters. The number of carboxylic acids is 2. The quantitative estimate of drug-likeness (QED) is 0.335. The molecule has 2 aromatic rings. The molecular formula is C18H22FeN2NaO6+2. The molecule has 0 saturated heterocycles. The zero-order valence-corrected chi connectivity index (χ0v) is 18.6. The molecule has 2 aromatic carbocycles. The first kappa shape index (κ1) is 31.1. The van der Waals surface area contributed by atoms with Gasteiger partial charge in [0, 0.05) is 37.9 Å². The Bertz CT molecular complexity index is 644. The summed E-state index contributed by atoms with van der Waals surface area (Å²) < 4.78 is 0. The van der Waals surface area contributed by atoms with E-state index in [0.717, 1.165) is 0 Å². The molecule has 147 valence electrons. The molecular weight excluding hydrogens is 419 g/mol. The number of carbonyl (C=O) groups is 2. The van der Waals surface area contributed by atoms with Crippen molar-refractivity contribution in [3.63, 3.8) is 0 Å². The second-order valence-electron chi connectivity index (χ2n) is 4.93. The number of benzene rings is 2. The number of carbonyl (C=O) groups excluding carboxylic acids is 2. The number of hydrogen-bond acceptors (Lipinski definition) is 8. The SMILES string of the molecule is NCCN.O=C([O-])Cc1ccccc1O.O=C([O-])Cc1ccccc1O.[Fe+3].[Na+]. The number of rotatable bonds is 5. The Morgan fingerprint density at radius 1 is 0.750 bits per heavy atom. The third-order valence-corrected chi connectivity index (χ3v) is 2.82. The average Bonchev–Trinajstić information content (AvgIpc) is 2.59. The summed E-state index contributed by atoms with van der Waals surface area (Å²) in [5.41, 5.74) is 10.6. The molecule has 0 aliphatic carbocycles. The molecule has 0 aliphatic heterocycles. The summed E-state index contributed by atoms with van der Waals surface area (Å²) in [7, 11) is 0. The molecule has 8 nitrogen and oxygen atoms in total. The third-order valence-electron chi connectivity index (χ3n) is 2.82. The Morgan fingerprint density at radius 3 is 1.25 bits per heavy atom. The van der Waals surface area contributed by atoms with Crippen molar-refractivity contribution < 1.29 is 76.6 Å². The minimum atomic E-state index is -1.19. The van der Waals surface area contributed by atoms with Gasteiger partial charge < -0.3 is 41.5 Å². The van der Waals surface area contributed by atoms with Gasteiger partial charge in [-0.2, -0.15) is 0 Å². The van der Waals surface area contributed by atoms with Crippen LogP contribution >= 0.6 is 0 Å².